The molecule has 4 nitrogen and oxygen atoms in total. The molecule has 1 spiro atoms. The first-order valence-electron chi connectivity index (χ1n) is 7.70. The molecule has 0 unspecified atom stereocenters. The summed E-state index contributed by atoms with van der Waals surface area (Å²) in [4.78, 5) is 26.5. The molecule has 1 N–H and O–H groups in total. The van der Waals surface area contributed by atoms with Gasteiger partial charge in [0, 0.05) is 6.54 Å². The molecule has 0 radical (unpaired) electrons. The van der Waals surface area contributed by atoms with Crippen molar-refractivity contribution in [1.82, 2.24) is 10.2 Å². The van der Waals surface area contributed by atoms with E-state index in [0.29, 0.717) is 5.41 Å². The van der Waals surface area contributed by atoms with Crippen LogP contribution in [0.15, 0.2) is 0 Å². The third kappa shape index (κ3) is 2.05. The number of rotatable bonds is 3. The van der Waals surface area contributed by atoms with Crippen LogP contribution in [0.3, 0.4) is 0 Å². The molecular formula is C15H24N2O2. The monoisotopic (exact) mass is 264 g/mol. The van der Waals surface area contributed by atoms with E-state index in [1.807, 2.05) is 4.90 Å². The molecule has 2 saturated carbocycles. The molecule has 2 aliphatic carbocycles. The zero-order valence-electron chi connectivity index (χ0n) is 11.8. The minimum Gasteiger partial charge on any atom is -0.340 e. The molecule has 4 heteroatoms. The van der Waals surface area contributed by atoms with Crippen molar-refractivity contribution < 1.29 is 9.59 Å². The van der Waals surface area contributed by atoms with E-state index in [9.17, 15) is 9.59 Å². The number of carbonyl (C=O) groups excluding carboxylic acids is 2. The Balaban J connectivity index is 1.77. The Morgan fingerprint density at radius 1 is 1.11 bits per heavy atom. The van der Waals surface area contributed by atoms with Crippen molar-refractivity contribution in [3.05, 3.63) is 0 Å². The first kappa shape index (κ1) is 12.9. The molecule has 0 aromatic carbocycles. The molecule has 3 fully saturated rings. The van der Waals surface area contributed by atoms with Crippen molar-refractivity contribution in [3.8, 4) is 0 Å². The van der Waals surface area contributed by atoms with Crippen LogP contribution in [0.5, 0.6) is 0 Å². The fraction of sp³-hybridized carbons (Fsp3) is 0.867. The van der Waals surface area contributed by atoms with Gasteiger partial charge in [0.25, 0.3) is 0 Å². The van der Waals surface area contributed by atoms with Crippen LogP contribution in [-0.2, 0) is 9.59 Å². The smallest absolute Gasteiger partial charge is 0.248 e. The van der Waals surface area contributed by atoms with Gasteiger partial charge in [0.15, 0.2) is 0 Å². The van der Waals surface area contributed by atoms with Crippen LogP contribution >= 0.6 is 0 Å². The average Bonchev–Trinajstić information content (AvgIpc) is 2.79. The quantitative estimate of drug-likeness (QED) is 0.845. The van der Waals surface area contributed by atoms with Gasteiger partial charge in [0.05, 0.1) is 6.54 Å². The minimum atomic E-state index is -0.548. The van der Waals surface area contributed by atoms with Gasteiger partial charge in [0.1, 0.15) is 5.54 Å². The summed E-state index contributed by atoms with van der Waals surface area (Å²) in [5.41, 5.74) is -0.249. The fourth-order valence-corrected chi connectivity index (χ4v) is 4.06. The van der Waals surface area contributed by atoms with Gasteiger partial charge in [-0.05, 0) is 37.5 Å². The highest BCUT2D eigenvalue weighted by atomic mass is 16.2. The third-order valence-electron chi connectivity index (χ3n) is 5.56. The molecule has 0 aromatic rings. The number of nitrogens with one attached hydrogen (secondary N) is 1. The predicted molar refractivity (Wildman–Crippen MR) is 72.5 cm³/mol. The van der Waals surface area contributed by atoms with E-state index in [1.165, 1.54) is 19.3 Å². The molecule has 3 aliphatic rings. The lowest BCUT2D eigenvalue weighted by Gasteiger charge is -2.48. The van der Waals surface area contributed by atoms with Crippen molar-refractivity contribution in [1.29, 1.82) is 0 Å². The van der Waals surface area contributed by atoms with Crippen LogP contribution in [0.25, 0.3) is 0 Å². The van der Waals surface area contributed by atoms with E-state index < -0.39 is 5.54 Å². The Kier molecular flexibility index (Phi) is 3.06. The Hall–Kier alpha value is -1.06. The topological polar surface area (TPSA) is 49.4 Å². The summed E-state index contributed by atoms with van der Waals surface area (Å²) in [5, 5.41) is 2.98. The maximum Gasteiger partial charge on any atom is 0.248 e. The van der Waals surface area contributed by atoms with Gasteiger partial charge in [-0.2, -0.15) is 0 Å². The van der Waals surface area contributed by atoms with Crippen LogP contribution in [0.4, 0.5) is 0 Å². The summed E-state index contributed by atoms with van der Waals surface area (Å²) < 4.78 is 0. The number of hydrogen-bond acceptors (Lipinski definition) is 2. The van der Waals surface area contributed by atoms with E-state index in [-0.39, 0.29) is 18.4 Å². The number of amides is 2. The van der Waals surface area contributed by atoms with Crippen molar-refractivity contribution >= 4 is 11.8 Å². The van der Waals surface area contributed by atoms with Gasteiger partial charge in [0.2, 0.25) is 11.8 Å². The lowest BCUT2D eigenvalue weighted by atomic mass is 9.66. The van der Waals surface area contributed by atoms with E-state index in [2.05, 4.69) is 12.2 Å². The van der Waals surface area contributed by atoms with Crippen LogP contribution in [0.2, 0.25) is 0 Å². The number of hydrogen-bond donors (Lipinski definition) is 1. The second-order valence-electron chi connectivity index (χ2n) is 6.71. The Bertz CT molecular complexity index is 389. The van der Waals surface area contributed by atoms with E-state index in [1.54, 1.807) is 0 Å². The van der Waals surface area contributed by atoms with Crippen molar-refractivity contribution in [2.24, 2.45) is 5.41 Å². The zero-order valence-corrected chi connectivity index (χ0v) is 11.8. The molecule has 106 valence electrons. The van der Waals surface area contributed by atoms with Gasteiger partial charge < -0.3 is 10.2 Å². The van der Waals surface area contributed by atoms with E-state index >= 15 is 0 Å². The van der Waals surface area contributed by atoms with Crippen LogP contribution in [0, 0.1) is 5.41 Å². The maximum absolute atomic E-state index is 12.7. The standard InChI is InChI=1S/C15H24N2O2/c1-2-14(6-5-7-14)11-17-10-12(18)16-15(13(17)19)8-3-4-9-15/h2-11H2,1H3,(H,16,18). The van der Waals surface area contributed by atoms with Crippen molar-refractivity contribution in [2.45, 2.75) is 63.8 Å². The van der Waals surface area contributed by atoms with Gasteiger partial charge in [-0.3, -0.25) is 9.59 Å². The largest absolute Gasteiger partial charge is 0.340 e. The highest BCUT2D eigenvalue weighted by Gasteiger charge is 2.50. The molecule has 2 amide bonds. The van der Waals surface area contributed by atoms with E-state index in [4.69, 9.17) is 0 Å². The summed E-state index contributed by atoms with van der Waals surface area (Å²) in [6.45, 7) is 3.26. The molecule has 19 heavy (non-hydrogen) atoms. The summed E-state index contributed by atoms with van der Waals surface area (Å²) in [6, 6.07) is 0. The lowest BCUT2D eigenvalue weighted by molar-refractivity contribution is -0.152. The summed E-state index contributed by atoms with van der Waals surface area (Å²) >= 11 is 0. The predicted octanol–water partition coefficient (Wildman–Crippen LogP) is 1.84. The van der Waals surface area contributed by atoms with Gasteiger partial charge in [-0.25, -0.2) is 0 Å². The highest BCUT2D eigenvalue weighted by molar-refractivity contribution is 5.98. The number of carbonyl (C=O) groups is 2. The van der Waals surface area contributed by atoms with Crippen LogP contribution < -0.4 is 5.32 Å². The minimum absolute atomic E-state index is 0.0343. The second kappa shape index (κ2) is 4.50. The molecule has 0 aromatic heterocycles. The molecule has 1 aliphatic heterocycles. The Morgan fingerprint density at radius 3 is 2.32 bits per heavy atom. The highest BCUT2D eigenvalue weighted by Crippen LogP contribution is 2.45. The van der Waals surface area contributed by atoms with Gasteiger partial charge >= 0.3 is 0 Å². The van der Waals surface area contributed by atoms with Crippen molar-refractivity contribution in [2.75, 3.05) is 13.1 Å². The van der Waals surface area contributed by atoms with Gasteiger partial charge in [-0.1, -0.05) is 26.2 Å². The Labute approximate surface area is 114 Å². The third-order valence-corrected chi connectivity index (χ3v) is 5.56. The first-order chi connectivity index (χ1) is 9.09. The Morgan fingerprint density at radius 2 is 1.79 bits per heavy atom. The van der Waals surface area contributed by atoms with Crippen molar-refractivity contribution in [3.63, 3.8) is 0 Å². The normalized spacial score (nSPS) is 28.4. The number of piperazine rings is 1. The molecule has 0 bridgehead atoms. The maximum atomic E-state index is 12.7. The lowest BCUT2D eigenvalue weighted by Crippen LogP contribution is -2.66. The van der Waals surface area contributed by atoms with Crippen LogP contribution in [0.1, 0.15) is 58.3 Å². The van der Waals surface area contributed by atoms with Crippen LogP contribution in [-0.4, -0.2) is 35.3 Å². The molecule has 0 atom stereocenters. The van der Waals surface area contributed by atoms with E-state index in [0.717, 1.165) is 38.6 Å². The molecule has 1 saturated heterocycles. The van der Waals surface area contributed by atoms with Gasteiger partial charge in [-0.15, -0.1) is 0 Å². The summed E-state index contributed by atoms with van der Waals surface area (Å²) in [5.74, 6) is 0.219. The second-order valence-corrected chi connectivity index (χ2v) is 6.71. The summed E-state index contributed by atoms with van der Waals surface area (Å²) in [6.07, 6.45) is 8.57. The number of nitrogens with zero attached hydrogens (tertiary/aromatic N) is 1. The first-order valence-corrected chi connectivity index (χ1v) is 7.70. The zero-order chi connectivity index (χ0) is 13.5. The summed E-state index contributed by atoms with van der Waals surface area (Å²) in [7, 11) is 0. The molecule has 1 heterocycles. The SMILES string of the molecule is CCC1(CN2CC(=O)NC3(CCCC3)C2=O)CCC1. The fourth-order valence-electron chi connectivity index (χ4n) is 4.06. The molecule has 3 rings (SSSR count). The average molecular weight is 264 g/mol. The molecular weight excluding hydrogens is 240 g/mol.